The second-order valence-corrected chi connectivity index (χ2v) is 16.7. The largest absolute Gasteiger partial charge is 0.312 e. The van der Waals surface area contributed by atoms with Gasteiger partial charge in [-0.2, -0.15) is 0 Å². The Kier molecular flexibility index (Phi) is 7.45. The number of imidazole rings is 1. The lowest BCUT2D eigenvalue weighted by molar-refractivity contribution is 0.473. The summed E-state index contributed by atoms with van der Waals surface area (Å²) in [4.78, 5) is 13.9. The van der Waals surface area contributed by atoms with Gasteiger partial charge in [-0.1, -0.05) is 61.8 Å². The second-order valence-electron chi connectivity index (χ2n) is 11.5. The first-order valence-corrected chi connectivity index (χ1v) is 14.5. The summed E-state index contributed by atoms with van der Waals surface area (Å²) in [5, 5.41) is 0. The van der Waals surface area contributed by atoms with Crippen LogP contribution in [0.15, 0.2) is 12.7 Å². The smallest absolute Gasteiger partial charge is 0.163 e. The molecule has 0 radical (unpaired) electrons. The highest BCUT2D eigenvalue weighted by Gasteiger charge is 2.44. The highest BCUT2D eigenvalue weighted by molar-refractivity contribution is 8.35. The molecule has 5 heteroatoms. The van der Waals surface area contributed by atoms with Crippen LogP contribution in [0.5, 0.6) is 0 Å². The van der Waals surface area contributed by atoms with Crippen molar-refractivity contribution in [2.24, 2.45) is 5.92 Å². The van der Waals surface area contributed by atoms with Crippen LogP contribution in [0.2, 0.25) is 0 Å². The van der Waals surface area contributed by atoms with E-state index >= 15 is 0 Å². The maximum Gasteiger partial charge on any atom is 0.163 e. The first-order chi connectivity index (χ1) is 14.5. The molecule has 2 atom stereocenters. The number of nitrogens with zero attached hydrogens (tertiary/aromatic N) is 4. The standard InChI is InChI=1S/C26H46N4S/c1-9-11-12-22-23-24(28-18-27-22)30(19-29-23)21-14-13-20(17-21)15-16-31(10-2,25(3,4)5)26(6,7)8/h18-21H,9-17H2,1-8H3. The molecule has 2 aromatic rings. The third-order valence-electron chi connectivity index (χ3n) is 7.82. The number of hydrogen-bond acceptors (Lipinski definition) is 3. The zero-order valence-electron chi connectivity index (χ0n) is 21.4. The maximum atomic E-state index is 4.75. The summed E-state index contributed by atoms with van der Waals surface area (Å²) in [5.41, 5.74) is 3.19. The number of aryl methyl sites for hydroxylation is 1. The normalized spacial score (nSPS) is 21.2. The van der Waals surface area contributed by atoms with E-state index in [2.05, 4.69) is 69.9 Å². The van der Waals surface area contributed by atoms with Crippen molar-refractivity contribution in [1.29, 1.82) is 0 Å². The van der Waals surface area contributed by atoms with E-state index in [0.717, 1.165) is 35.6 Å². The molecule has 3 rings (SSSR count). The van der Waals surface area contributed by atoms with Gasteiger partial charge >= 0.3 is 0 Å². The van der Waals surface area contributed by atoms with Crippen molar-refractivity contribution in [3.63, 3.8) is 0 Å². The van der Waals surface area contributed by atoms with Gasteiger partial charge in [0.2, 0.25) is 0 Å². The summed E-state index contributed by atoms with van der Waals surface area (Å²) in [6, 6.07) is 0.541. The van der Waals surface area contributed by atoms with E-state index in [9.17, 15) is 0 Å². The molecule has 1 aliphatic carbocycles. The van der Waals surface area contributed by atoms with Crippen LogP contribution in [0.4, 0.5) is 0 Å². The minimum absolute atomic E-state index is 0.393. The monoisotopic (exact) mass is 446 g/mol. The number of rotatable bonds is 8. The molecule has 1 saturated carbocycles. The molecule has 0 saturated heterocycles. The van der Waals surface area contributed by atoms with Crippen LogP contribution in [0.3, 0.4) is 0 Å². The minimum Gasteiger partial charge on any atom is -0.312 e. The molecule has 0 N–H and O–H groups in total. The highest BCUT2D eigenvalue weighted by Crippen LogP contribution is 2.68. The van der Waals surface area contributed by atoms with Gasteiger partial charge in [0.05, 0.1) is 12.0 Å². The van der Waals surface area contributed by atoms with Gasteiger partial charge in [-0.25, -0.2) is 25.0 Å². The summed E-state index contributed by atoms with van der Waals surface area (Å²) < 4.78 is 3.15. The van der Waals surface area contributed by atoms with Gasteiger partial charge < -0.3 is 4.57 Å². The Labute approximate surface area is 192 Å². The van der Waals surface area contributed by atoms with Crippen molar-refractivity contribution in [3.8, 4) is 0 Å². The van der Waals surface area contributed by atoms with E-state index in [4.69, 9.17) is 4.98 Å². The number of fused-ring (bicyclic) bond motifs is 1. The average Bonchev–Trinajstić information content (AvgIpc) is 3.31. The zero-order valence-corrected chi connectivity index (χ0v) is 22.2. The first-order valence-electron chi connectivity index (χ1n) is 12.5. The predicted octanol–water partition coefficient (Wildman–Crippen LogP) is 7.32. The molecule has 4 nitrogen and oxygen atoms in total. The summed E-state index contributed by atoms with van der Waals surface area (Å²) in [5.74, 6) is 3.56. The Hall–Kier alpha value is -1.10. The Bertz CT molecular complexity index is 844. The van der Waals surface area contributed by atoms with E-state index in [1.165, 1.54) is 43.6 Å². The lowest BCUT2D eigenvalue weighted by atomic mass is 10.1. The molecule has 31 heavy (non-hydrogen) atoms. The van der Waals surface area contributed by atoms with Gasteiger partial charge in [0.1, 0.15) is 11.8 Å². The highest BCUT2D eigenvalue weighted by atomic mass is 32.3. The molecule has 2 aromatic heterocycles. The molecule has 0 bridgehead atoms. The van der Waals surface area contributed by atoms with E-state index < -0.39 is 10.0 Å². The van der Waals surface area contributed by atoms with Crippen molar-refractivity contribution in [3.05, 3.63) is 18.3 Å². The van der Waals surface area contributed by atoms with Crippen LogP contribution in [0, 0.1) is 5.92 Å². The summed E-state index contributed by atoms with van der Waals surface area (Å²) in [6.45, 7) is 19.6. The fourth-order valence-corrected chi connectivity index (χ4v) is 12.0. The Morgan fingerprint density at radius 1 is 1.00 bits per heavy atom. The van der Waals surface area contributed by atoms with Gasteiger partial charge in [-0.15, -0.1) is 0 Å². The van der Waals surface area contributed by atoms with Crippen molar-refractivity contribution >= 4 is 21.2 Å². The van der Waals surface area contributed by atoms with Crippen LogP contribution < -0.4 is 0 Å². The second kappa shape index (κ2) is 9.41. The maximum absolute atomic E-state index is 4.75. The molecule has 0 aromatic carbocycles. The van der Waals surface area contributed by atoms with Gasteiger partial charge in [0.25, 0.3) is 0 Å². The number of unbranched alkanes of at least 4 members (excludes halogenated alkanes) is 1. The van der Waals surface area contributed by atoms with Gasteiger partial charge in [-0.3, -0.25) is 0 Å². The lowest BCUT2D eigenvalue weighted by Crippen LogP contribution is -2.41. The third-order valence-corrected chi connectivity index (χ3v) is 14.4. The quantitative estimate of drug-likeness (QED) is 0.426. The molecule has 2 unspecified atom stereocenters. The molecule has 0 spiro atoms. The van der Waals surface area contributed by atoms with Gasteiger partial charge in [-0.05, 0) is 65.4 Å². The molecule has 1 fully saturated rings. The van der Waals surface area contributed by atoms with E-state index in [-0.39, 0.29) is 0 Å². The Balaban J connectivity index is 1.72. The van der Waals surface area contributed by atoms with Gasteiger partial charge in [0, 0.05) is 6.04 Å². The molecule has 0 amide bonds. The molecule has 2 heterocycles. The summed E-state index contributed by atoms with van der Waals surface area (Å²) in [6.07, 6.45) is 12.4. The zero-order chi connectivity index (χ0) is 22.9. The molecule has 0 aliphatic heterocycles. The topological polar surface area (TPSA) is 43.6 Å². The summed E-state index contributed by atoms with van der Waals surface area (Å²) >= 11 is 0. The number of hydrogen-bond donors (Lipinski definition) is 0. The predicted molar refractivity (Wildman–Crippen MR) is 137 cm³/mol. The van der Waals surface area contributed by atoms with Crippen LogP contribution in [-0.2, 0) is 6.42 Å². The van der Waals surface area contributed by atoms with E-state index in [1.807, 2.05) is 6.33 Å². The fourth-order valence-electron chi connectivity index (χ4n) is 6.17. The van der Waals surface area contributed by atoms with Crippen molar-refractivity contribution in [2.45, 2.75) is 116 Å². The van der Waals surface area contributed by atoms with Crippen LogP contribution in [-0.4, -0.2) is 40.5 Å². The Morgan fingerprint density at radius 3 is 2.32 bits per heavy atom. The van der Waals surface area contributed by atoms with Gasteiger partial charge in [0.15, 0.2) is 5.65 Å². The minimum atomic E-state index is -0.714. The number of aromatic nitrogens is 4. The van der Waals surface area contributed by atoms with E-state index in [1.54, 1.807) is 6.33 Å². The van der Waals surface area contributed by atoms with Crippen molar-refractivity contribution < 1.29 is 0 Å². The van der Waals surface area contributed by atoms with E-state index in [0.29, 0.717) is 15.5 Å². The molecular formula is C26H46N4S. The molecule has 176 valence electrons. The van der Waals surface area contributed by atoms with Crippen LogP contribution in [0.25, 0.3) is 11.2 Å². The molecule has 1 aliphatic rings. The lowest BCUT2D eigenvalue weighted by Gasteiger charge is -2.59. The average molecular weight is 447 g/mol. The fraction of sp³-hybridized carbons (Fsp3) is 0.808. The SMILES string of the molecule is CCCCc1ncnc2c1ncn2C1CCC(CCS(CC)(C(C)(C)C)C(C)(C)C)C1. The Morgan fingerprint density at radius 2 is 1.71 bits per heavy atom. The van der Waals surface area contributed by atoms with Crippen molar-refractivity contribution in [2.75, 3.05) is 11.5 Å². The van der Waals surface area contributed by atoms with Crippen molar-refractivity contribution in [1.82, 2.24) is 19.5 Å². The molecular weight excluding hydrogens is 400 g/mol. The van der Waals surface area contributed by atoms with Crippen LogP contribution in [0.1, 0.15) is 106 Å². The van der Waals surface area contributed by atoms with Crippen LogP contribution >= 0.6 is 10.0 Å². The third kappa shape index (κ3) is 4.82. The first kappa shape index (κ1) is 24.5. The summed E-state index contributed by atoms with van der Waals surface area (Å²) in [7, 11) is -0.714.